The van der Waals surface area contributed by atoms with Gasteiger partial charge in [-0.2, -0.15) is 26.3 Å². The maximum atomic E-state index is 13.3. The predicted octanol–water partition coefficient (Wildman–Crippen LogP) is 5.08. The van der Waals surface area contributed by atoms with E-state index in [4.69, 9.17) is 5.11 Å². The predicted molar refractivity (Wildman–Crippen MR) is 68.2 cm³/mol. The zero-order valence-electron chi connectivity index (χ0n) is 10.3. The molecule has 1 N–H and O–H groups in total. The highest BCUT2D eigenvalue weighted by Gasteiger charge is 2.71. The second-order valence-corrected chi connectivity index (χ2v) is 5.57. The van der Waals surface area contributed by atoms with E-state index in [0.29, 0.717) is 25.7 Å². The van der Waals surface area contributed by atoms with Crippen molar-refractivity contribution in [2.24, 2.45) is 0 Å². The molecule has 0 aliphatic heterocycles. The van der Waals surface area contributed by atoms with Gasteiger partial charge >= 0.3 is 18.0 Å². The Morgan fingerprint density at radius 1 is 0.850 bits per heavy atom. The molecule has 9 heteroatoms. The van der Waals surface area contributed by atoms with Crippen LogP contribution in [0.4, 0.5) is 30.7 Å². The van der Waals surface area contributed by atoms with E-state index in [9.17, 15) is 30.7 Å². The number of unbranched alkanes of at least 4 members (excludes halogenated alkanes) is 3. The molecular weight excluding hydrogens is 408 g/mol. The number of halogens is 8. The molecular formula is C11H14F7IO. The standard InChI is InChI=1S/C11H14F7IO/c12-9(10(13,14)15,11(16,17)18)7-8(19)5-3-1-2-4-6-20/h7,20H,1-6H2. The molecule has 0 aliphatic carbocycles. The SMILES string of the molecule is OCCCCCCC(I)=CC(F)(C(F)(F)F)C(F)(F)F. The third-order valence-corrected chi connectivity index (χ3v) is 3.36. The zero-order chi connectivity index (χ0) is 16.0. The highest BCUT2D eigenvalue weighted by atomic mass is 127. The van der Waals surface area contributed by atoms with Crippen molar-refractivity contribution in [1.82, 2.24) is 0 Å². The monoisotopic (exact) mass is 422 g/mol. The fourth-order valence-electron chi connectivity index (χ4n) is 1.37. The lowest BCUT2D eigenvalue weighted by molar-refractivity contribution is -0.322. The normalized spacial score (nSPS) is 14.8. The maximum absolute atomic E-state index is 13.3. The van der Waals surface area contributed by atoms with Gasteiger partial charge in [0.15, 0.2) is 0 Å². The van der Waals surface area contributed by atoms with Crippen molar-refractivity contribution in [2.75, 3.05) is 6.61 Å². The number of allylic oxidation sites excluding steroid dienone is 2. The van der Waals surface area contributed by atoms with Gasteiger partial charge in [0.2, 0.25) is 0 Å². The number of hydrogen-bond acceptors (Lipinski definition) is 1. The van der Waals surface area contributed by atoms with Crippen LogP contribution in [0.5, 0.6) is 0 Å². The van der Waals surface area contributed by atoms with Crippen LogP contribution in [0.1, 0.15) is 32.1 Å². The molecule has 0 radical (unpaired) electrons. The molecule has 0 spiro atoms. The first-order chi connectivity index (χ1) is 8.95. The molecule has 0 rings (SSSR count). The third kappa shape index (κ3) is 5.74. The second-order valence-electron chi connectivity index (χ2n) is 4.19. The largest absolute Gasteiger partial charge is 0.435 e. The average Bonchev–Trinajstić information content (AvgIpc) is 2.25. The summed E-state index contributed by atoms with van der Waals surface area (Å²) in [6, 6.07) is 0. The summed E-state index contributed by atoms with van der Waals surface area (Å²) in [6.45, 7) is -0.0251. The molecule has 120 valence electrons. The van der Waals surface area contributed by atoms with E-state index in [2.05, 4.69) is 0 Å². The van der Waals surface area contributed by atoms with Crippen molar-refractivity contribution in [3.63, 3.8) is 0 Å². The quantitative estimate of drug-likeness (QED) is 0.345. The summed E-state index contributed by atoms with van der Waals surface area (Å²) in [5.41, 5.74) is -5.32. The molecule has 1 nitrogen and oxygen atoms in total. The Morgan fingerprint density at radius 2 is 1.30 bits per heavy atom. The fourth-order valence-corrected chi connectivity index (χ4v) is 2.18. The van der Waals surface area contributed by atoms with Crippen LogP contribution in [-0.4, -0.2) is 29.7 Å². The van der Waals surface area contributed by atoms with Crippen molar-refractivity contribution < 1.29 is 35.8 Å². The van der Waals surface area contributed by atoms with Crippen LogP contribution in [-0.2, 0) is 0 Å². The number of alkyl halides is 7. The molecule has 0 bridgehead atoms. The van der Waals surface area contributed by atoms with Gasteiger partial charge in [0, 0.05) is 6.61 Å². The van der Waals surface area contributed by atoms with E-state index >= 15 is 0 Å². The molecule has 0 aliphatic rings. The van der Waals surface area contributed by atoms with Crippen molar-refractivity contribution in [3.8, 4) is 0 Å². The summed E-state index contributed by atoms with van der Waals surface area (Å²) >= 11 is 1.28. The summed E-state index contributed by atoms with van der Waals surface area (Å²) in [5, 5.41) is 8.49. The second kappa shape index (κ2) is 7.81. The molecule has 0 saturated heterocycles. The van der Waals surface area contributed by atoms with Crippen molar-refractivity contribution in [1.29, 1.82) is 0 Å². The van der Waals surface area contributed by atoms with Gasteiger partial charge in [0.25, 0.3) is 0 Å². The lowest BCUT2D eigenvalue weighted by atomic mass is 10.0. The van der Waals surface area contributed by atoms with Crippen LogP contribution < -0.4 is 0 Å². The molecule has 0 heterocycles. The van der Waals surface area contributed by atoms with Crippen LogP contribution in [0, 0.1) is 0 Å². The molecule has 0 fully saturated rings. The number of hydrogen-bond donors (Lipinski definition) is 1. The smallest absolute Gasteiger partial charge is 0.396 e. The third-order valence-electron chi connectivity index (χ3n) is 2.50. The Hall–Kier alpha value is -0.0600. The maximum Gasteiger partial charge on any atom is 0.435 e. The first kappa shape index (κ1) is 19.9. The number of aliphatic hydroxyl groups excluding tert-OH is 1. The summed E-state index contributed by atoms with van der Waals surface area (Å²) in [6.07, 6.45) is -10.6. The van der Waals surface area contributed by atoms with Crippen LogP contribution in [0.3, 0.4) is 0 Å². The molecule has 0 atom stereocenters. The van der Waals surface area contributed by atoms with Crippen molar-refractivity contribution in [3.05, 3.63) is 9.66 Å². The first-order valence-electron chi connectivity index (χ1n) is 5.76. The van der Waals surface area contributed by atoms with E-state index in [-0.39, 0.29) is 16.6 Å². The molecule has 0 aromatic rings. The molecule has 0 amide bonds. The first-order valence-corrected chi connectivity index (χ1v) is 6.84. The highest BCUT2D eigenvalue weighted by Crippen LogP contribution is 2.48. The molecule has 0 aromatic carbocycles. The summed E-state index contributed by atoms with van der Waals surface area (Å²) in [5.74, 6) is 0. The van der Waals surface area contributed by atoms with Crippen LogP contribution >= 0.6 is 22.6 Å². The van der Waals surface area contributed by atoms with Crippen LogP contribution in [0.15, 0.2) is 9.66 Å². The van der Waals surface area contributed by atoms with E-state index in [1.54, 1.807) is 0 Å². The van der Waals surface area contributed by atoms with Crippen LogP contribution in [0.2, 0.25) is 0 Å². The lowest BCUT2D eigenvalue weighted by Gasteiger charge is -2.27. The molecule has 0 unspecified atom stereocenters. The van der Waals surface area contributed by atoms with E-state index in [1.807, 2.05) is 0 Å². The van der Waals surface area contributed by atoms with Gasteiger partial charge in [-0.05, 0) is 51.5 Å². The van der Waals surface area contributed by atoms with E-state index < -0.39 is 24.1 Å². The van der Waals surface area contributed by atoms with Crippen molar-refractivity contribution in [2.45, 2.75) is 50.1 Å². The highest BCUT2D eigenvalue weighted by molar-refractivity contribution is 14.1. The topological polar surface area (TPSA) is 20.2 Å². The van der Waals surface area contributed by atoms with Gasteiger partial charge < -0.3 is 5.11 Å². The summed E-state index contributed by atoms with van der Waals surface area (Å²) in [4.78, 5) is 0. The number of rotatable bonds is 7. The minimum absolute atomic E-state index is 0.0251. The van der Waals surface area contributed by atoms with Gasteiger partial charge in [-0.3, -0.25) is 0 Å². The average molecular weight is 422 g/mol. The Balaban J connectivity index is 4.77. The zero-order valence-corrected chi connectivity index (χ0v) is 12.4. The minimum Gasteiger partial charge on any atom is -0.396 e. The van der Waals surface area contributed by atoms with Crippen LogP contribution in [0.25, 0.3) is 0 Å². The lowest BCUT2D eigenvalue weighted by Crippen LogP contribution is -2.51. The Labute approximate surface area is 125 Å². The van der Waals surface area contributed by atoms with Gasteiger partial charge in [-0.1, -0.05) is 12.8 Å². The molecule has 0 saturated carbocycles. The van der Waals surface area contributed by atoms with Gasteiger partial charge in [0.05, 0.1) is 0 Å². The van der Waals surface area contributed by atoms with E-state index in [0.717, 1.165) is 0 Å². The van der Waals surface area contributed by atoms with E-state index in [1.165, 1.54) is 22.6 Å². The van der Waals surface area contributed by atoms with Gasteiger partial charge in [-0.25, -0.2) is 4.39 Å². The minimum atomic E-state index is -6.04. The van der Waals surface area contributed by atoms with Gasteiger partial charge in [0.1, 0.15) is 0 Å². The molecule has 20 heavy (non-hydrogen) atoms. The Morgan fingerprint density at radius 3 is 1.70 bits per heavy atom. The fraction of sp³-hybridized carbons (Fsp3) is 0.818. The van der Waals surface area contributed by atoms with Gasteiger partial charge in [-0.15, -0.1) is 0 Å². The Kier molecular flexibility index (Phi) is 7.79. The summed E-state index contributed by atoms with van der Waals surface area (Å²) < 4.78 is 86.7. The molecule has 0 aromatic heterocycles. The number of aliphatic hydroxyl groups is 1. The Bertz CT molecular complexity index is 308. The summed E-state index contributed by atoms with van der Waals surface area (Å²) in [7, 11) is 0. The van der Waals surface area contributed by atoms with Crippen molar-refractivity contribution >= 4 is 22.6 Å².